The fourth-order valence-corrected chi connectivity index (χ4v) is 5.23. The average molecular weight is 508 g/mol. The maximum Gasteiger partial charge on any atom is 0.242 e. The predicted molar refractivity (Wildman–Crippen MR) is 133 cm³/mol. The summed E-state index contributed by atoms with van der Waals surface area (Å²) in [6.45, 7) is 3.80. The number of benzene rings is 2. The third kappa shape index (κ3) is 6.12. The van der Waals surface area contributed by atoms with Crippen LogP contribution in [0.4, 0.5) is 10.1 Å². The minimum Gasteiger partial charge on any atom is -0.488 e. The molecule has 192 valence electrons. The zero-order chi connectivity index (χ0) is 25.9. The maximum absolute atomic E-state index is 13.3. The third-order valence-electron chi connectivity index (χ3n) is 6.38. The van der Waals surface area contributed by atoms with Gasteiger partial charge in [-0.2, -0.15) is 4.31 Å². The third-order valence-corrected chi connectivity index (χ3v) is 8.21. The number of carbonyl (C=O) groups is 1. The van der Waals surface area contributed by atoms with E-state index in [9.17, 15) is 22.7 Å². The van der Waals surface area contributed by atoms with Crippen LogP contribution in [-0.4, -0.2) is 81.6 Å². The molecule has 3 atom stereocenters. The lowest BCUT2D eigenvalue weighted by molar-refractivity contribution is -0.134. The van der Waals surface area contributed by atoms with E-state index in [2.05, 4.69) is 0 Å². The summed E-state index contributed by atoms with van der Waals surface area (Å²) < 4.78 is 47.1. The van der Waals surface area contributed by atoms with E-state index in [-0.39, 0.29) is 36.3 Å². The van der Waals surface area contributed by atoms with Gasteiger partial charge in [-0.15, -0.1) is 0 Å². The summed E-state index contributed by atoms with van der Waals surface area (Å²) >= 11 is 0. The van der Waals surface area contributed by atoms with Crippen molar-refractivity contribution >= 4 is 21.6 Å². The van der Waals surface area contributed by atoms with Crippen LogP contribution in [-0.2, 0) is 21.2 Å². The second-order valence-electron chi connectivity index (χ2n) is 9.31. The molecule has 0 spiro atoms. The lowest BCUT2D eigenvalue weighted by atomic mass is 10.0. The lowest BCUT2D eigenvalue weighted by Crippen LogP contribution is -2.48. The van der Waals surface area contributed by atoms with Gasteiger partial charge in [0.15, 0.2) is 0 Å². The molecule has 1 aliphatic rings. The van der Waals surface area contributed by atoms with Gasteiger partial charge in [-0.25, -0.2) is 12.8 Å². The summed E-state index contributed by atoms with van der Waals surface area (Å²) in [6, 6.07) is 9.86. The smallest absolute Gasteiger partial charge is 0.242 e. The number of nitrogens with zero attached hydrogens (tertiary/aromatic N) is 3. The van der Waals surface area contributed by atoms with E-state index in [4.69, 9.17) is 4.74 Å². The van der Waals surface area contributed by atoms with Gasteiger partial charge in [0, 0.05) is 44.9 Å². The number of halogens is 1. The minimum absolute atomic E-state index is 0.0150. The Morgan fingerprint density at radius 1 is 1.17 bits per heavy atom. The van der Waals surface area contributed by atoms with Crippen LogP contribution in [0.1, 0.15) is 19.4 Å². The van der Waals surface area contributed by atoms with Crippen molar-refractivity contribution < 1.29 is 27.4 Å². The number of aliphatic hydroxyl groups excluding tert-OH is 1. The molecule has 8 nitrogen and oxygen atoms in total. The SMILES string of the molecule is C[C@H]1CN([C@@H](C)CO)C(=O)Cc2cc(N(C)C)ccc2O[C@@H]1CN(C)S(=O)(=O)c1ccc(F)cc1. The van der Waals surface area contributed by atoms with Gasteiger partial charge in [0.1, 0.15) is 17.7 Å². The van der Waals surface area contributed by atoms with Crippen LogP contribution in [0.25, 0.3) is 0 Å². The number of carbonyl (C=O) groups excluding carboxylic acids is 1. The molecular formula is C25H34FN3O5S. The number of rotatable bonds is 7. The Kier molecular flexibility index (Phi) is 8.40. The molecule has 1 heterocycles. The number of likely N-dealkylation sites (N-methyl/N-ethyl adjacent to an activating group) is 1. The van der Waals surface area contributed by atoms with Crippen molar-refractivity contribution in [2.24, 2.45) is 5.92 Å². The van der Waals surface area contributed by atoms with E-state index in [0.29, 0.717) is 17.9 Å². The molecular weight excluding hydrogens is 473 g/mol. The zero-order valence-electron chi connectivity index (χ0n) is 20.8. The van der Waals surface area contributed by atoms with Crippen molar-refractivity contribution in [2.45, 2.75) is 37.3 Å². The molecule has 0 saturated heterocycles. The highest BCUT2D eigenvalue weighted by atomic mass is 32.2. The molecule has 0 aromatic heterocycles. The van der Waals surface area contributed by atoms with Crippen LogP contribution < -0.4 is 9.64 Å². The first-order valence-electron chi connectivity index (χ1n) is 11.5. The second kappa shape index (κ2) is 10.9. The summed E-state index contributed by atoms with van der Waals surface area (Å²) in [5.74, 6) is -0.381. The first kappa shape index (κ1) is 26.9. The van der Waals surface area contributed by atoms with Crippen LogP contribution in [0.2, 0.25) is 0 Å². The Morgan fingerprint density at radius 3 is 2.43 bits per heavy atom. The van der Waals surface area contributed by atoms with Crippen molar-refractivity contribution in [1.29, 1.82) is 0 Å². The van der Waals surface area contributed by atoms with Gasteiger partial charge in [0.2, 0.25) is 15.9 Å². The van der Waals surface area contributed by atoms with Gasteiger partial charge in [0.05, 0.1) is 30.5 Å². The summed E-state index contributed by atoms with van der Waals surface area (Å²) in [6.07, 6.45) is -0.483. The molecule has 35 heavy (non-hydrogen) atoms. The summed E-state index contributed by atoms with van der Waals surface area (Å²) in [4.78, 5) is 16.8. The highest BCUT2D eigenvalue weighted by Crippen LogP contribution is 2.30. The molecule has 0 fully saturated rings. The normalized spacial score (nSPS) is 19.9. The largest absolute Gasteiger partial charge is 0.488 e. The van der Waals surface area contributed by atoms with Gasteiger partial charge in [-0.3, -0.25) is 4.79 Å². The van der Waals surface area contributed by atoms with Gasteiger partial charge >= 0.3 is 0 Å². The second-order valence-corrected chi connectivity index (χ2v) is 11.4. The number of anilines is 1. The van der Waals surface area contributed by atoms with E-state index in [1.807, 2.05) is 38.1 Å². The molecule has 1 amide bonds. The lowest BCUT2D eigenvalue weighted by Gasteiger charge is -2.33. The number of hydrogen-bond donors (Lipinski definition) is 1. The fraction of sp³-hybridized carbons (Fsp3) is 0.480. The molecule has 0 unspecified atom stereocenters. The summed E-state index contributed by atoms with van der Waals surface area (Å²) in [7, 11) is 1.37. The van der Waals surface area contributed by atoms with Gasteiger partial charge in [-0.1, -0.05) is 6.92 Å². The highest BCUT2D eigenvalue weighted by molar-refractivity contribution is 7.89. The van der Waals surface area contributed by atoms with Gasteiger partial charge in [0.25, 0.3) is 0 Å². The van der Waals surface area contributed by atoms with Crippen molar-refractivity contribution in [1.82, 2.24) is 9.21 Å². The highest BCUT2D eigenvalue weighted by Gasteiger charge is 2.33. The molecule has 0 aliphatic carbocycles. The topological polar surface area (TPSA) is 90.4 Å². The van der Waals surface area contributed by atoms with Gasteiger partial charge in [-0.05, 0) is 49.4 Å². The van der Waals surface area contributed by atoms with Crippen LogP contribution in [0.15, 0.2) is 47.4 Å². The minimum atomic E-state index is -3.89. The van der Waals surface area contributed by atoms with E-state index >= 15 is 0 Å². The predicted octanol–water partition coefficient (Wildman–Crippen LogP) is 2.36. The molecule has 1 aliphatic heterocycles. The van der Waals surface area contributed by atoms with Crippen LogP contribution in [0.5, 0.6) is 5.75 Å². The summed E-state index contributed by atoms with van der Waals surface area (Å²) in [5.41, 5.74) is 1.60. The molecule has 0 saturated carbocycles. The molecule has 0 bridgehead atoms. The Hall–Kier alpha value is -2.69. The molecule has 2 aromatic carbocycles. The number of amides is 1. The number of sulfonamides is 1. The van der Waals surface area contributed by atoms with E-state index in [1.54, 1.807) is 17.9 Å². The number of ether oxygens (including phenoxy) is 1. The van der Waals surface area contributed by atoms with Crippen molar-refractivity contribution in [3.63, 3.8) is 0 Å². The summed E-state index contributed by atoms with van der Waals surface area (Å²) in [5, 5.41) is 9.75. The standard InChI is InChI=1S/C25H34FN3O5S/c1-17-14-29(18(2)16-30)25(31)13-19-12-21(27(3)4)8-11-23(19)34-24(17)15-28(5)35(32,33)22-9-6-20(26)7-10-22/h6-12,17-18,24,30H,13-16H2,1-5H3/t17-,18-,24+/m0/s1. The van der Waals surface area contributed by atoms with Crippen LogP contribution in [0.3, 0.4) is 0 Å². The zero-order valence-corrected chi connectivity index (χ0v) is 21.6. The van der Waals surface area contributed by atoms with Crippen LogP contribution in [0, 0.1) is 11.7 Å². The first-order valence-corrected chi connectivity index (χ1v) is 13.0. The molecule has 1 N–H and O–H groups in total. The maximum atomic E-state index is 13.3. The van der Waals surface area contributed by atoms with Crippen LogP contribution >= 0.6 is 0 Å². The Bertz CT molecular complexity index is 1140. The number of hydrogen-bond acceptors (Lipinski definition) is 6. The number of aliphatic hydroxyl groups is 1. The Labute approximate surface area is 207 Å². The molecule has 10 heteroatoms. The monoisotopic (exact) mass is 507 g/mol. The molecule has 2 aromatic rings. The Morgan fingerprint density at radius 2 is 1.83 bits per heavy atom. The van der Waals surface area contributed by atoms with E-state index in [0.717, 1.165) is 17.8 Å². The van der Waals surface area contributed by atoms with E-state index in [1.165, 1.54) is 23.5 Å². The average Bonchev–Trinajstić information content (AvgIpc) is 2.86. The molecule has 0 radical (unpaired) electrons. The van der Waals surface area contributed by atoms with Crippen molar-refractivity contribution in [3.05, 3.63) is 53.8 Å². The van der Waals surface area contributed by atoms with Gasteiger partial charge < -0.3 is 19.6 Å². The molecule has 3 rings (SSSR count). The quantitative estimate of drug-likeness (QED) is 0.619. The van der Waals surface area contributed by atoms with Crippen molar-refractivity contribution in [2.75, 3.05) is 45.7 Å². The van der Waals surface area contributed by atoms with Crippen molar-refractivity contribution in [3.8, 4) is 5.75 Å². The Balaban J connectivity index is 1.97. The fourth-order valence-electron chi connectivity index (χ4n) is 4.05. The number of fused-ring (bicyclic) bond motifs is 1. The van der Waals surface area contributed by atoms with E-state index < -0.39 is 28.0 Å². The first-order chi connectivity index (χ1) is 16.4.